The van der Waals surface area contributed by atoms with Crippen molar-refractivity contribution in [2.75, 3.05) is 26.4 Å². The number of aliphatic hydroxyl groups excluding tert-OH is 1. The molecule has 0 spiro atoms. The highest BCUT2D eigenvalue weighted by atomic mass is 31.2. The Bertz CT molecular complexity index is 1270. The van der Waals surface area contributed by atoms with Gasteiger partial charge in [0.2, 0.25) is 0 Å². The predicted octanol–water partition coefficient (Wildman–Crippen LogP) is 12.6. The summed E-state index contributed by atoms with van der Waals surface area (Å²) < 4.78 is 32.7. The van der Waals surface area contributed by atoms with E-state index in [2.05, 4.69) is 50.3 Å². The lowest BCUT2D eigenvalue weighted by Crippen LogP contribution is -2.29. The normalized spacial score (nSPS) is 14.6. The molecule has 0 aliphatic rings. The van der Waals surface area contributed by atoms with Crippen molar-refractivity contribution in [3.63, 3.8) is 0 Å². The Balaban J connectivity index is 4.28. The smallest absolute Gasteiger partial charge is 0.462 e. The summed E-state index contributed by atoms with van der Waals surface area (Å²) in [6.07, 6.45) is 52.4. The molecule has 0 radical (unpaired) electrons. The maximum absolute atomic E-state index is 12.6. The molecular formula is C49H84NO9P. The molecule has 2 unspecified atom stereocenters. The Morgan fingerprint density at radius 3 is 1.75 bits per heavy atom. The number of hydrogen-bond donors (Lipinski definition) is 3. The molecule has 0 heterocycles. The largest absolute Gasteiger partial charge is 0.472 e. The number of carbonyl (C=O) groups is 2. The molecule has 0 amide bonds. The lowest BCUT2D eigenvalue weighted by atomic mass is 10.1. The third-order valence-corrected chi connectivity index (χ3v) is 10.3. The highest BCUT2D eigenvalue weighted by Crippen LogP contribution is 2.43. The molecule has 60 heavy (non-hydrogen) atoms. The zero-order valence-electron chi connectivity index (χ0n) is 37.5. The summed E-state index contributed by atoms with van der Waals surface area (Å²) in [7, 11) is -4.41. The number of allylic oxidation sites excluding steroid dienone is 12. The first-order valence-electron chi connectivity index (χ1n) is 23.2. The third-order valence-electron chi connectivity index (χ3n) is 9.36. The Labute approximate surface area is 365 Å². The molecule has 0 aromatic rings. The minimum absolute atomic E-state index is 0.0336. The predicted molar refractivity (Wildman–Crippen MR) is 248 cm³/mol. The molecule has 0 aromatic carbocycles. The minimum atomic E-state index is -4.41. The van der Waals surface area contributed by atoms with E-state index >= 15 is 0 Å². The van der Waals surface area contributed by atoms with Crippen LogP contribution in [0.1, 0.15) is 174 Å². The number of unbranched alkanes of at least 4 members (excludes halogenated alkanes) is 15. The van der Waals surface area contributed by atoms with Gasteiger partial charge in [0.1, 0.15) is 6.61 Å². The van der Waals surface area contributed by atoms with Crippen LogP contribution in [0, 0.1) is 0 Å². The molecule has 0 rings (SSSR count). The van der Waals surface area contributed by atoms with Gasteiger partial charge in [0.15, 0.2) is 6.10 Å². The van der Waals surface area contributed by atoms with E-state index in [1.54, 1.807) is 6.08 Å². The molecule has 0 fully saturated rings. The molecule has 0 bridgehead atoms. The fraction of sp³-hybridized carbons (Fsp3) is 0.673. The minimum Gasteiger partial charge on any atom is -0.462 e. The summed E-state index contributed by atoms with van der Waals surface area (Å²) in [5.74, 6) is -0.955. The molecule has 11 heteroatoms. The van der Waals surface area contributed by atoms with Crippen molar-refractivity contribution >= 4 is 19.8 Å². The average Bonchev–Trinajstić information content (AvgIpc) is 3.23. The van der Waals surface area contributed by atoms with Crippen molar-refractivity contribution in [2.24, 2.45) is 5.73 Å². The van der Waals surface area contributed by atoms with Crippen molar-refractivity contribution in [1.82, 2.24) is 0 Å². The van der Waals surface area contributed by atoms with Gasteiger partial charge in [-0.15, -0.1) is 0 Å². The van der Waals surface area contributed by atoms with Gasteiger partial charge < -0.3 is 25.2 Å². The van der Waals surface area contributed by atoms with Gasteiger partial charge in [-0.2, -0.15) is 0 Å². The lowest BCUT2D eigenvalue weighted by Gasteiger charge is -2.19. The van der Waals surface area contributed by atoms with Crippen molar-refractivity contribution in [1.29, 1.82) is 0 Å². The summed E-state index contributed by atoms with van der Waals surface area (Å²) in [6.45, 7) is 3.42. The highest BCUT2D eigenvalue weighted by molar-refractivity contribution is 7.47. The summed E-state index contributed by atoms with van der Waals surface area (Å²) in [5.41, 5.74) is 5.35. The number of carbonyl (C=O) groups excluding carboxylic acids is 2. The number of esters is 2. The van der Waals surface area contributed by atoms with Gasteiger partial charge in [0.25, 0.3) is 0 Å². The first-order valence-corrected chi connectivity index (χ1v) is 24.7. The molecule has 4 N–H and O–H groups in total. The zero-order valence-corrected chi connectivity index (χ0v) is 38.4. The maximum atomic E-state index is 12.6. The van der Waals surface area contributed by atoms with Crippen molar-refractivity contribution in [3.05, 3.63) is 85.1 Å². The van der Waals surface area contributed by atoms with Crippen LogP contribution in [0.5, 0.6) is 0 Å². The summed E-state index contributed by atoms with van der Waals surface area (Å²) in [5, 5.41) is 9.84. The molecule has 3 atom stereocenters. The summed E-state index contributed by atoms with van der Waals surface area (Å²) >= 11 is 0. The molecule has 344 valence electrons. The highest BCUT2D eigenvalue weighted by Gasteiger charge is 2.26. The second-order valence-electron chi connectivity index (χ2n) is 15.1. The second-order valence-corrected chi connectivity index (χ2v) is 16.5. The first-order chi connectivity index (χ1) is 29.2. The van der Waals surface area contributed by atoms with Crippen molar-refractivity contribution in [2.45, 2.75) is 187 Å². The van der Waals surface area contributed by atoms with E-state index < -0.39 is 38.6 Å². The number of hydrogen-bond acceptors (Lipinski definition) is 9. The number of ether oxygens (including phenoxy) is 2. The third kappa shape index (κ3) is 43.2. The van der Waals surface area contributed by atoms with Gasteiger partial charge in [0, 0.05) is 19.4 Å². The summed E-state index contributed by atoms with van der Waals surface area (Å²) in [4.78, 5) is 34.9. The van der Waals surface area contributed by atoms with E-state index in [9.17, 15) is 24.2 Å². The van der Waals surface area contributed by atoms with Crippen LogP contribution in [-0.2, 0) is 32.7 Å². The number of phosphoric acid groups is 1. The van der Waals surface area contributed by atoms with Crippen LogP contribution in [0.3, 0.4) is 0 Å². The van der Waals surface area contributed by atoms with E-state index in [-0.39, 0.29) is 32.6 Å². The van der Waals surface area contributed by atoms with Crippen LogP contribution in [0.2, 0.25) is 0 Å². The van der Waals surface area contributed by atoms with Crippen LogP contribution in [-0.4, -0.2) is 60.5 Å². The molecule has 0 saturated heterocycles. The van der Waals surface area contributed by atoms with Gasteiger partial charge in [-0.05, 0) is 70.6 Å². The Morgan fingerprint density at radius 1 is 0.600 bits per heavy atom. The van der Waals surface area contributed by atoms with Crippen molar-refractivity contribution < 1.29 is 42.7 Å². The van der Waals surface area contributed by atoms with E-state index in [1.807, 2.05) is 42.5 Å². The average molecular weight is 862 g/mol. The van der Waals surface area contributed by atoms with E-state index in [0.29, 0.717) is 19.3 Å². The SMILES string of the molecule is CC/C=C\CC(O)/C=C/C=C/C/C=C\C/C=C\C/C=C\CCC(=O)OC[C@H](COP(=O)(O)OCCN)OC(=O)CCCCCCCCCCC/C=C\CCCCCCCC. The number of aliphatic hydroxyl groups is 1. The molecule has 0 aromatic heterocycles. The van der Waals surface area contributed by atoms with E-state index in [4.69, 9.17) is 24.3 Å². The molecule has 0 saturated carbocycles. The maximum Gasteiger partial charge on any atom is 0.472 e. The van der Waals surface area contributed by atoms with Crippen LogP contribution in [0.15, 0.2) is 85.1 Å². The quantitative estimate of drug-likeness (QED) is 0.0178. The van der Waals surface area contributed by atoms with Gasteiger partial charge >= 0.3 is 19.8 Å². The Morgan fingerprint density at radius 2 is 1.15 bits per heavy atom. The number of rotatable bonds is 42. The van der Waals surface area contributed by atoms with Crippen LogP contribution >= 0.6 is 7.82 Å². The molecule has 0 aliphatic carbocycles. The fourth-order valence-electron chi connectivity index (χ4n) is 5.92. The van der Waals surface area contributed by atoms with Gasteiger partial charge in [0.05, 0.1) is 19.3 Å². The zero-order chi connectivity index (χ0) is 44.0. The Kier molecular flexibility index (Phi) is 42.1. The number of phosphoric ester groups is 1. The van der Waals surface area contributed by atoms with Crippen LogP contribution in [0.25, 0.3) is 0 Å². The van der Waals surface area contributed by atoms with Gasteiger partial charge in [-0.1, -0.05) is 176 Å². The van der Waals surface area contributed by atoms with E-state index in [1.165, 1.54) is 83.5 Å². The second kappa shape index (κ2) is 44.2. The van der Waals surface area contributed by atoms with Gasteiger partial charge in [-0.25, -0.2) is 4.57 Å². The molecule has 0 aliphatic heterocycles. The van der Waals surface area contributed by atoms with Crippen LogP contribution < -0.4 is 5.73 Å². The standard InChI is InChI=1S/C49H84NO9P/c1-3-5-7-8-9-10-11-12-13-14-15-16-17-20-24-27-30-33-37-41-49(53)59-47(45-58-60(54,55)57-43-42-50)44-56-48(52)40-36-32-29-26-23-21-18-19-22-25-28-31-35-39-46(51)38-34-6-4-2/h6,12-13,19,21-23,28-29,31-32,34-35,39,46-47,51H,3-5,7-11,14-18,20,24-27,30,33,36-38,40-45,50H2,1-2H3,(H,54,55)/b13-12-,22-19-,23-21-,31-28+,32-29-,34-6-,39-35+/t46?,47-/m1/s1. The first kappa shape index (κ1) is 57.1. The molecule has 10 nitrogen and oxygen atoms in total. The topological polar surface area (TPSA) is 155 Å². The lowest BCUT2D eigenvalue weighted by molar-refractivity contribution is -0.161. The monoisotopic (exact) mass is 862 g/mol. The summed E-state index contributed by atoms with van der Waals surface area (Å²) in [6, 6.07) is 0. The Hall–Kier alpha value is -2.85. The number of nitrogens with two attached hydrogens (primary N) is 1. The van der Waals surface area contributed by atoms with E-state index in [0.717, 1.165) is 44.9 Å². The molecular weight excluding hydrogens is 778 g/mol. The van der Waals surface area contributed by atoms with Crippen LogP contribution in [0.4, 0.5) is 0 Å². The van der Waals surface area contributed by atoms with Gasteiger partial charge in [-0.3, -0.25) is 18.6 Å². The fourth-order valence-corrected chi connectivity index (χ4v) is 6.68. The van der Waals surface area contributed by atoms with Crippen molar-refractivity contribution in [3.8, 4) is 0 Å².